The summed E-state index contributed by atoms with van der Waals surface area (Å²) in [5.74, 6) is 0. The Morgan fingerprint density at radius 2 is 1.54 bits per heavy atom. The topological polar surface area (TPSA) is 3.88 Å². The van der Waals surface area contributed by atoms with Crippen LogP contribution in [0.25, 0.3) is 32.8 Å². The van der Waals surface area contributed by atoms with Crippen LogP contribution in [0.5, 0.6) is 0 Å². The lowest BCUT2D eigenvalue weighted by molar-refractivity contribution is -0.665. The average Bonchev–Trinajstić information content (AvgIpc) is 2.61. The summed E-state index contributed by atoms with van der Waals surface area (Å²) in [6.07, 6.45) is 0. The van der Waals surface area contributed by atoms with E-state index < -0.39 is 0 Å². The van der Waals surface area contributed by atoms with Crippen molar-refractivity contribution < 1.29 is 5.94 Å². The van der Waals surface area contributed by atoms with E-state index in [0.29, 0.717) is 6.04 Å². The van der Waals surface area contributed by atoms with Gasteiger partial charge in [0.05, 0.1) is 12.3 Å². The first-order valence-corrected chi connectivity index (χ1v) is 8.36. The van der Waals surface area contributed by atoms with E-state index in [0.717, 1.165) is 16.5 Å². The molecule has 1 nitrogen and oxygen atoms in total. The van der Waals surface area contributed by atoms with Crippen LogP contribution in [0.15, 0.2) is 60.6 Å². The quantitative estimate of drug-likeness (QED) is 0.414. The fourth-order valence-electron chi connectivity index (χ4n) is 3.53. The molecule has 0 N–H and O–H groups in total. The van der Waals surface area contributed by atoms with Crippen LogP contribution in [0, 0.1) is 20.8 Å². The van der Waals surface area contributed by atoms with E-state index in [-0.39, 0.29) is 0 Å². The maximum absolute atomic E-state index is 8.55. The maximum Gasteiger partial charge on any atom is 0.220 e. The maximum atomic E-state index is 8.55. The van der Waals surface area contributed by atoms with Crippen molar-refractivity contribution in [2.75, 3.05) is 0 Å². The van der Waals surface area contributed by atoms with Gasteiger partial charge < -0.3 is 0 Å². The van der Waals surface area contributed by atoms with Gasteiger partial charge in [0, 0.05) is 13.0 Å². The second-order valence-corrected chi connectivity index (χ2v) is 6.68. The number of rotatable bonds is 1. The molecular formula is C23H22N+. The number of fused-ring (bicyclic) bond motifs is 2. The van der Waals surface area contributed by atoms with Crippen LogP contribution in [-0.2, 0) is 7.05 Å². The Bertz CT molecular complexity index is 1140. The van der Waals surface area contributed by atoms with Gasteiger partial charge in [0.25, 0.3) is 0 Å². The predicted molar refractivity (Wildman–Crippen MR) is 102 cm³/mol. The zero-order valence-corrected chi connectivity index (χ0v) is 14.6. The molecule has 0 aliphatic rings. The third-order valence-corrected chi connectivity index (χ3v) is 4.93. The molecule has 0 fully saturated rings. The number of pyridine rings is 1. The highest BCUT2D eigenvalue weighted by Crippen LogP contribution is 2.32. The fourth-order valence-corrected chi connectivity index (χ4v) is 3.53. The van der Waals surface area contributed by atoms with Crippen molar-refractivity contribution in [3.63, 3.8) is 0 Å². The smallest absolute Gasteiger partial charge is 0.198 e. The zero-order chi connectivity index (χ0) is 17.7. The summed E-state index contributed by atoms with van der Waals surface area (Å²) >= 11 is 0. The predicted octanol–water partition coefficient (Wildman–Crippen LogP) is 5.41. The standard InChI is InChI=1S/C23H22N/c1-15-9-10-21-20(11-15)13-17(3)24(4)23(21)22-14-19-8-6-5-7-18(19)12-16(22)2/h5-14H,1-4H3/q+1/i13D. The van der Waals surface area contributed by atoms with Crippen molar-refractivity contribution in [1.29, 1.82) is 0 Å². The second kappa shape index (κ2) is 5.45. The molecule has 24 heavy (non-hydrogen) atoms. The van der Waals surface area contributed by atoms with Gasteiger partial charge in [0.15, 0.2) is 5.69 Å². The lowest BCUT2D eigenvalue weighted by atomic mass is 9.95. The van der Waals surface area contributed by atoms with Gasteiger partial charge in [-0.2, -0.15) is 4.57 Å². The lowest BCUT2D eigenvalue weighted by Crippen LogP contribution is -2.35. The molecule has 4 rings (SSSR count). The summed E-state index contributed by atoms with van der Waals surface area (Å²) in [4.78, 5) is 0. The Kier molecular flexibility index (Phi) is 3.12. The van der Waals surface area contributed by atoms with E-state index in [1.54, 1.807) is 0 Å². The van der Waals surface area contributed by atoms with E-state index >= 15 is 0 Å². The van der Waals surface area contributed by atoms with Crippen LogP contribution in [-0.4, -0.2) is 0 Å². The van der Waals surface area contributed by atoms with Crippen LogP contribution in [0.3, 0.4) is 0 Å². The van der Waals surface area contributed by atoms with Gasteiger partial charge in [-0.1, -0.05) is 48.0 Å². The number of nitrogens with zero attached hydrogens (tertiary/aromatic N) is 1. The molecule has 0 unspecified atom stereocenters. The molecule has 1 aromatic heterocycles. The van der Waals surface area contributed by atoms with Crippen molar-refractivity contribution >= 4 is 21.5 Å². The Labute approximate surface area is 144 Å². The van der Waals surface area contributed by atoms with Crippen molar-refractivity contribution in [2.24, 2.45) is 7.05 Å². The molecule has 4 aromatic rings. The second-order valence-electron chi connectivity index (χ2n) is 6.68. The van der Waals surface area contributed by atoms with Crippen molar-refractivity contribution in [2.45, 2.75) is 20.8 Å². The largest absolute Gasteiger partial charge is 0.220 e. The van der Waals surface area contributed by atoms with Gasteiger partial charge >= 0.3 is 0 Å². The monoisotopic (exact) mass is 313 g/mol. The van der Waals surface area contributed by atoms with E-state index in [4.69, 9.17) is 1.37 Å². The molecule has 0 saturated carbocycles. The van der Waals surface area contributed by atoms with E-state index in [9.17, 15) is 0 Å². The summed E-state index contributed by atoms with van der Waals surface area (Å²) in [6, 6.07) is 20.1. The third kappa shape index (κ3) is 2.28. The Morgan fingerprint density at radius 3 is 2.29 bits per heavy atom. The zero-order valence-electron chi connectivity index (χ0n) is 15.6. The first-order chi connectivity index (χ1) is 12.0. The Balaban J connectivity index is 2.16. The van der Waals surface area contributed by atoms with Gasteiger partial charge in [0.2, 0.25) is 5.69 Å². The molecule has 0 saturated heterocycles. The molecule has 0 aliphatic carbocycles. The highest BCUT2D eigenvalue weighted by molar-refractivity contribution is 5.97. The molecule has 0 bridgehead atoms. The first kappa shape index (κ1) is 13.7. The summed E-state index contributed by atoms with van der Waals surface area (Å²) in [5.41, 5.74) is 5.86. The van der Waals surface area contributed by atoms with E-state index in [1.165, 1.54) is 33.2 Å². The fraction of sp³-hybridized carbons (Fsp3) is 0.174. The first-order valence-electron chi connectivity index (χ1n) is 8.86. The van der Waals surface area contributed by atoms with E-state index in [1.807, 2.05) is 6.92 Å². The number of hydrogen-bond donors (Lipinski definition) is 0. The Hall–Kier alpha value is -2.67. The third-order valence-electron chi connectivity index (χ3n) is 4.93. The number of aryl methyl sites for hydroxylation is 2. The highest BCUT2D eigenvalue weighted by Gasteiger charge is 2.20. The number of benzene rings is 3. The summed E-state index contributed by atoms with van der Waals surface area (Å²) in [6.45, 7) is 6.29. The molecule has 118 valence electrons. The van der Waals surface area contributed by atoms with Crippen molar-refractivity contribution in [1.82, 2.24) is 0 Å². The van der Waals surface area contributed by atoms with Crippen LogP contribution < -0.4 is 4.57 Å². The molecular weight excluding hydrogens is 290 g/mol. The molecule has 0 radical (unpaired) electrons. The Morgan fingerprint density at radius 1 is 0.833 bits per heavy atom. The van der Waals surface area contributed by atoms with Gasteiger partial charge in [-0.15, -0.1) is 0 Å². The van der Waals surface area contributed by atoms with E-state index in [2.05, 4.69) is 80.1 Å². The highest BCUT2D eigenvalue weighted by atomic mass is 14.9. The molecule has 0 aliphatic heterocycles. The molecule has 0 atom stereocenters. The molecule has 0 amide bonds. The summed E-state index contributed by atoms with van der Waals surface area (Å²) in [5, 5.41) is 4.68. The van der Waals surface area contributed by atoms with Gasteiger partial charge in [-0.25, -0.2) is 0 Å². The van der Waals surface area contributed by atoms with Gasteiger partial charge in [0.1, 0.15) is 7.05 Å². The molecule has 1 heterocycles. The molecule has 0 spiro atoms. The minimum Gasteiger partial charge on any atom is -0.198 e. The minimum atomic E-state index is 0.614. The van der Waals surface area contributed by atoms with Crippen molar-refractivity contribution in [3.05, 3.63) is 77.5 Å². The van der Waals surface area contributed by atoms with Crippen LogP contribution in [0.4, 0.5) is 0 Å². The molecule has 3 aromatic carbocycles. The lowest BCUT2D eigenvalue weighted by Gasteiger charge is -2.11. The SMILES string of the molecule is [2H]c1c(C)[n+](C)c(-c2cc3ccccc3cc2C)c2ccc(C)cc12. The number of hydrogen-bond acceptors (Lipinski definition) is 0. The van der Waals surface area contributed by atoms with Crippen molar-refractivity contribution in [3.8, 4) is 11.3 Å². The van der Waals surface area contributed by atoms with Crippen LogP contribution in [0.2, 0.25) is 0 Å². The summed E-state index contributed by atoms with van der Waals surface area (Å²) in [7, 11) is 2.07. The molecule has 1 heteroatoms. The van der Waals surface area contributed by atoms with Crippen LogP contribution >= 0.6 is 0 Å². The van der Waals surface area contributed by atoms with Crippen LogP contribution in [0.1, 0.15) is 18.2 Å². The normalized spacial score (nSPS) is 11.9. The van der Waals surface area contributed by atoms with Gasteiger partial charge in [-0.3, -0.25) is 0 Å². The average molecular weight is 313 g/mol. The van der Waals surface area contributed by atoms with Gasteiger partial charge in [-0.05, 0) is 47.7 Å². The number of aromatic nitrogens is 1. The minimum absolute atomic E-state index is 0.614. The summed E-state index contributed by atoms with van der Waals surface area (Å²) < 4.78 is 10.7.